The van der Waals surface area contributed by atoms with Crippen LogP contribution in [0, 0.1) is 12.3 Å². The van der Waals surface area contributed by atoms with E-state index in [1.807, 2.05) is 0 Å². The molecule has 0 atom stereocenters. The maximum Gasteiger partial charge on any atom is 0.411 e. The summed E-state index contributed by atoms with van der Waals surface area (Å²) in [5, 5.41) is 2.58. The molecule has 0 spiro atoms. The van der Waals surface area contributed by atoms with E-state index in [1.165, 1.54) is 0 Å². The third kappa shape index (κ3) is 6.46. The van der Waals surface area contributed by atoms with E-state index < -0.39 is 6.09 Å². The van der Waals surface area contributed by atoms with Crippen molar-refractivity contribution in [3.05, 3.63) is 29.8 Å². The number of carbonyl (C=O) groups is 1. The fourth-order valence-corrected chi connectivity index (χ4v) is 1.28. The van der Waals surface area contributed by atoms with Crippen molar-refractivity contribution in [2.24, 2.45) is 0 Å². The maximum atomic E-state index is 11.4. The van der Waals surface area contributed by atoms with Crippen molar-refractivity contribution in [3.63, 3.8) is 0 Å². The van der Waals surface area contributed by atoms with E-state index >= 15 is 0 Å². The first-order valence-electron chi connectivity index (χ1n) is 5.83. The topological polar surface area (TPSA) is 56.8 Å². The largest absolute Gasteiger partial charge is 0.447 e. The predicted molar refractivity (Wildman–Crippen MR) is 72.0 cm³/mol. The van der Waals surface area contributed by atoms with E-state index in [9.17, 15) is 4.79 Å². The summed E-state index contributed by atoms with van der Waals surface area (Å²) in [5.74, 6) is 2.49. The zero-order valence-electron chi connectivity index (χ0n) is 10.8. The van der Waals surface area contributed by atoms with Crippen LogP contribution < -0.4 is 5.32 Å². The molecule has 0 bridgehead atoms. The zero-order chi connectivity index (χ0) is 13.9. The number of amides is 1. The molecule has 0 unspecified atom stereocenters. The molecular formula is C14H17NO4. The molecule has 0 aliphatic carbocycles. The van der Waals surface area contributed by atoms with Gasteiger partial charge in [0.25, 0.3) is 0 Å². The van der Waals surface area contributed by atoms with Crippen LogP contribution in [0.15, 0.2) is 24.3 Å². The number of terminal acetylenes is 1. The Labute approximate surface area is 112 Å². The standard InChI is InChI=1S/C14H17NO4/c1-3-12-5-4-6-13(11-12)15-14(16)19-10-9-18-8-7-17-2/h1,4-6,11H,7-10H2,2H3,(H,15,16). The normalized spacial score (nSPS) is 9.68. The van der Waals surface area contributed by atoms with Gasteiger partial charge in [0, 0.05) is 18.4 Å². The Morgan fingerprint density at radius 3 is 2.84 bits per heavy atom. The van der Waals surface area contributed by atoms with Gasteiger partial charge in [-0.25, -0.2) is 4.79 Å². The zero-order valence-corrected chi connectivity index (χ0v) is 10.8. The van der Waals surface area contributed by atoms with Crippen molar-refractivity contribution in [2.75, 3.05) is 38.9 Å². The van der Waals surface area contributed by atoms with E-state index in [0.29, 0.717) is 31.1 Å². The summed E-state index contributed by atoms with van der Waals surface area (Å²) in [6.45, 7) is 1.52. The second-order valence-electron chi connectivity index (χ2n) is 3.59. The van der Waals surface area contributed by atoms with Crippen LogP contribution in [0.5, 0.6) is 0 Å². The van der Waals surface area contributed by atoms with Crippen molar-refractivity contribution in [3.8, 4) is 12.3 Å². The summed E-state index contributed by atoms with van der Waals surface area (Å²) in [5.41, 5.74) is 1.29. The molecule has 1 aromatic rings. The summed E-state index contributed by atoms with van der Waals surface area (Å²) in [7, 11) is 1.59. The van der Waals surface area contributed by atoms with Crippen LogP contribution in [-0.2, 0) is 14.2 Å². The second kappa shape index (κ2) is 8.97. The Balaban J connectivity index is 2.22. The molecule has 0 radical (unpaired) electrons. The molecule has 1 aromatic carbocycles. The first-order valence-corrected chi connectivity index (χ1v) is 5.83. The minimum atomic E-state index is -0.537. The number of anilines is 1. The van der Waals surface area contributed by atoms with Gasteiger partial charge >= 0.3 is 6.09 Å². The molecule has 5 nitrogen and oxygen atoms in total. The lowest BCUT2D eigenvalue weighted by molar-refractivity contribution is 0.0447. The van der Waals surface area contributed by atoms with Crippen LogP contribution in [0.1, 0.15) is 5.56 Å². The monoisotopic (exact) mass is 263 g/mol. The van der Waals surface area contributed by atoms with Crippen LogP contribution >= 0.6 is 0 Å². The average molecular weight is 263 g/mol. The molecule has 1 amide bonds. The van der Waals surface area contributed by atoms with Crippen LogP contribution in [0.3, 0.4) is 0 Å². The third-order valence-corrected chi connectivity index (χ3v) is 2.17. The third-order valence-electron chi connectivity index (χ3n) is 2.17. The van der Waals surface area contributed by atoms with Gasteiger partial charge in [-0.15, -0.1) is 6.42 Å². The van der Waals surface area contributed by atoms with Gasteiger partial charge in [0.05, 0.1) is 19.8 Å². The van der Waals surface area contributed by atoms with Crippen molar-refractivity contribution in [1.82, 2.24) is 0 Å². The molecule has 1 N–H and O–H groups in total. The molecule has 0 saturated carbocycles. The molecular weight excluding hydrogens is 246 g/mol. The van der Waals surface area contributed by atoms with Crippen LogP contribution in [0.4, 0.5) is 10.5 Å². The van der Waals surface area contributed by atoms with Gasteiger partial charge in [-0.3, -0.25) is 5.32 Å². The smallest absolute Gasteiger partial charge is 0.411 e. The molecule has 0 aliphatic rings. The predicted octanol–water partition coefficient (Wildman–Crippen LogP) is 1.88. The molecule has 0 saturated heterocycles. The van der Waals surface area contributed by atoms with Gasteiger partial charge in [-0.05, 0) is 18.2 Å². The number of carbonyl (C=O) groups excluding carboxylic acids is 1. The maximum absolute atomic E-state index is 11.4. The highest BCUT2D eigenvalue weighted by molar-refractivity contribution is 5.84. The minimum Gasteiger partial charge on any atom is -0.447 e. The van der Waals surface area contributed by atoms with Gasteiger partial charge in [-0.2, -0.15) is 0 Å². The lowest BCUT2D eigenvalue weighted by Gasteiger charge is -2.07. The number of hydrogen-bond donors (Lipinski definition) is 1. The molecule has 102 valence electrons. The first kappa shape index (κ1) is 15.0. The highest BCUT2D eigenvalue weighted by Crippen LogP contribution is 2.09. The summed E-state index contributed by atoms with van der Waals surface area (Å²) in [6.07, 6.45) is 4.73. The number of nitrogens with one attached hydrogen (secondary N) is 1. The lowest BCUT2D eigenvalue weighted by atomic mass is 10.2. The summed E-state index contributed by atoms with van der Waals surface area (Å²) < 4.78 is 14.9. The molecule has 0 aromatic heterocycles. The summed E-state index contributed by atoms with van der Waals surface area (Å²) in [6, 6.07) is 6.96. The van der Waals surface area contributed by atoms with Crippen molar-refractivity contribution >= 4 is 11.8 Å². The minimum absolute atomic E-state index is 0.185. The van der Waals surface area contributed by atoms with Crippen LogP contribution in [-0.4, -0.2) is 39.6 Å². The molecule has 0 aliphatic heterocycles. The van der Waals surface area contributed by atoms with Crippen LogP contribution in [0.2, 0.25) is 0 Å². The van der Waals surface area contributed by atoms with E-state index in [0.717, 1.165) is 0 Å². The summed E-state index contributed by atoms with van der Waals surface area (Å²) in [4.78, 5) is 11.4. The fraction of sp³-hybridized carbons (Fsp3) is 0.357. The van der Waals surface area contributed by atoms with Crippen molar-refractivity contribution in [2.45, 2.75) is 0 Å². The van der Waals surface area contributed by atoms with Gasteiger partial charge in [0.1, 0.15) is 6.61 Å². The lowest BCUT2D eigenvalue weighted by Crippen LogP contribution is -2.17. The van der Waals surface area contributed by atoms with Crippen molar-refractivity contribution in [1.29, 1.82) is 0 Å². The number of benzene rings is 1. The van der Waals surface area contributed by atoms with E-state index in [-0.39, 0.29) is 6.61 Å². The Kier molecular flexibility index (Phi) is 7.10. The fourth-order valence-electron chi connectivity index (χ4n) is 1.28. The SMILES string of the molecule is C#Cc1cccc(NC(=O)OCCOCCOC)c1. The highest BCUT2D eigenvalue weighted by atomic mass is 16.6. The highest BCUT2D eigenvalue weighted by Gasteiger charge is 2.03. The van der Waals surface area contributed by atoms with Gasteiger partial charge in [-0.1, -0.05) is 12.0 Å². The second-order valence-corrected chi connectivity index (χ2v) is 3.59. The molecule has 0 heterocycles. The molecule has 1 rings (SSSR count). The average Bonchev–Trinajstić information content (AvgIpc) is 2.43. The first-order chi connectivity index (χ1) is 9.26. The van der Waals surface area contributed by atoms with Crippen molar-refractivity contribution < 1.29 is 19.0 Å². The van der Waals surface area contributed by atoms with E-state index in [1.54, 1.807) is 31.4 Å². The number of ether oxygens (including phenoxy) is 3. The van der Waals surface area contributed by atoms with E-state index in [2.05, 4.69) is 11.2 Å². The molecule has 19 heavy (non-hydrogen) atoms. The van der Waals surface area contributed by atoms with E-state index in [4.69, 9.17) is 20.6 Å². The quantitative estimate of drug-likeness (QED) is 0.603. The number of methoxy groups -OCH3 is 1. The Morgan fingerprint density at radius 2 is 2.11 bits per heavy atom. The van der Waals surface area contributed by atoms with Gasteiger partial charge in [0.15, 0.2) is 0 Å². The number of hydrogen-bond acceptors (Lipinski definition) is 4. The Bertz CT molecular complexity index is 439. The van der Waals surface area contributed by atoms with Gasteiger partial charge in [0.2, 0.25) is 0 Å². The van der Waals surface area contributed by atoms with Crippen LogP contribution in [0.25, 0.3) is 0 Å². The number of rotatable bonds is 7. The molecule has 0 fully saturated rings. The Hall–Kier alpha value is -2.03. The Morgan fingerprint density at radius 1 is 1.32 bits per heavy atom. The molecule has 5 heteroatoms. The van der Waals surface area contributed by atoms with Gasteiger partial charge < -0.3 is 14.2 Å². The summed E-state index contributed by atoms with van der Waals surface area (Å²) >= 11 is 0.